The van der Waals surface area contributed by atoms with Crippen LogP contribution in [-0.2, 0) is 19.8 Å². The monoisotopic (exact) mass is 345 g/mol. The van der Waals surface area contributed by atoms with Gasteiger partial charge in [-0.3, -0.25) is 4.98 Å². The lowest BCUT2D eigenvalue weighted by molar-refractivity contribution is 0.282. The molecule has 0 bridgehead atoms. The Morgan fingerprint density at radius 3 is 2.81 bits per heavy atom. The molecule has 0 saturated carbocycles. The number of aliphatic hydroxyl groups excluding tert-OH is 1. The Bertz CT molecular complexity index is 919. The highest BCUT2D eigenvalue weighted by molar-refractivity contribution is 5.49. The number of nitrogens with zero attached hydrogens (tertiary/aromatic N) is 2. The Morgan fingerprint density at radius 1 is 1.08 bits per heavy atom. The molecule has 0 radical (unpaired) electrons. The zero-order valence-corrected chi connectivity index (χ0v) is 14.2. The molecule has 0 aliphatic rings. The van der Waals surface area contributed by atoms with Gasteiger partial charge in [-0.25, -0.2) is 0 Å². The Hall–Kier alpha value is -3.36. The zero-order chi connectivity index (χ0) is 18.2. The van der Waals surface area contributed by atoms with E-state index in [1.54, 1.807) is 24.5 Å². The molecule has 130 valence electrons. The SMILES string of the molecule is N#Cc1ccccc1COc1cccc(CNc2cnccc2CO)c1. The van der Waals surface area contributed by atoms with E-state index in [0.717, 1.165) is 28.1 Å². The van der Waals surface area contributed by atoms with Crippen LogP contribution in [0.4, 0.5) is 5.69 Å². The second-order valence-electron chi connectivity index (χ2n) is 5.75. The van der Waals surface area contributed by atoms with E-state index >= 15 is 0 Å². The number of nitrogens with one attached hydrogen (secondary N) is 1. The predicted molar refractivity (Wildman–Crippen MR) is 99.4 cm³/mol. The van der Waals surface area contributed by atoms with Gasteiger partial charge in [-0.15, -0.1) is 0 Å². The average molecular weight is 345 g/mol. The summed E-state index contributed by atoms with van der Waals surface area (Å²) in [6.07, 6.45) is 3.36. The molecular formula is C21H19N3O2. The van der Waals surface area contributed by atoms with Crippen molar-refractivity contribution in [2.75, 3.05) is 5.32 Å². The summed E-state index contributed by atoms with van der Waals surface area (Å²) in [5.74, 6) is 0.741. The van der Waals surface area contributed by atoms with Crippen molar-refractivity contribution in [3.8, 4) is 11.8 Å². The van der Waals surface area contributed by atoms with Gasteiger partial charge >= 0.3 is 0 Å². The van der Waals surface area contributed by atoms with Crippen molar-refractivity contribution in [1.29, 1.82) is 5.26 Å². The number of hydrogen-bond donors (Lipinski definition) is 2. The number of anilines is 1. The largest absolute Gasteiger partial charge is 0.489 e. The number of ether oxygens (including phenoxy) is 1. The van der Waals surface area contributed by atoms with Crippen LogP contribution < -0.4 is 10.1 Å². The lowest BCUT2D eigenvalue weighted by Gasteiger charge is -2.12. The van der Waals surface area contributed by atoms with Crippen molar-refractivity contribution in [2.24, 2.45) is 0 Å². The van der Waals surface area contributed by atoms with Gasteiger partial charge in [0.15, 0.2) is 0 Å². The van der Waals surface area contributed by atoms with E-state index in [2.05, 4.69) is 16.4 Å². The van der Waals surface area contributed by atoms with Crippen molar-refractivity contribution in [1.82, 2.24) is 4.98 Å². The van der Waals surface area contributed by atoms with Crippen molar-refractivity contribution in [3.05, 3.63) is 89.2 Å². The summed E-state index contributed by atoms with van der Waals surface area (Å²) in [4.78, 5) is 4.08. The number of rotatable bonds is 7. The van der Waals surface area contributed by atoms with Crippen molar-refractivity contribution in [2.45, 2.75) is 19.8 Å². The van der Waals surface area contributed by atoms with Crippen molar-refractivity contribution in [3.63, 3.8) is 0 Å². The Kier molecular flexibility index (Phi) is 5.81. The molecule has 1 heterocycles. The van der Waals surface area contributed by atoms with Crippen LogP contribution in [0.15, 0.2) is 67.0 Å². The van der Waals surface area contributed by atoms with E-state index in [0.29, 0.717) is 18.7 Å². The van der Waals surface area contributed by atoms with Crippen LogP contribution in [0.1, 0.15) is 22.3 Å². The fourth-order valence-electron chi connectivity index (χ4n) is 2.58. The molecule has 0 atom stereocenters. The number of pyridine rings is 1. The first kappa shape index (κ1) is 17.5. The Morgan fingerprint density at radius 2 is 1.96 bits per heavy atom. The summed E-state index contributed by atoms with van der Waals surface area (Å²) in [6, 6.07) is 19.1. The first-order valence-corrected chi connectivity index (χ1v) is 8.27. The molecule has 5 nitrogen and oxygen atoms in total. The van der Waals surface area contributed by atoms with Crippen LogP contribution in [0.2, 0.25) is 0 Å². The van der Waals surface area contributed by atoms with Gasteiger partial charge in [0.2, 0.25) is 0 Å². The lowest BCUT2D eigenvalue weighted by Crippen LogP contribution is -2.04. The van der Waals surface area contributed by atoms with Crippen LogP contribution in [-0.4, -0.2) is 10.1 Å². The minimum absolute atomic E-state index is 0.0354. The minimum atomic E-state index is -0.0354. The third kappa shape index (κ3) is 4.38. The first-order valence-electron chi connectivity index (χ1n) is 8.27. The highest BCUT2D eigenvalue weighted by Gasteiger charge is 2.04. The summed E-state index contributed by atoms with van der Waals surface area (Å²) >= 11 is 0. The van der Waals surface area contributed by atoms with Gasteiger partial charge in [0.1, 0.15) is 12.4 Å². The number of aromatic nitrogens is 1. The van der Waals surface area contributed by atoms with Gasteiger partial charge in [0, 0.05) is 23.9 Å². The number of benzene rings is 2. The molecule has 3 aromatic rings. The Labute approximate surface area is 152 Å². The summed E-state index contributed by atoms with van der Waals surface area (Å²) in [6.45, 7) is 0.898. The molecular weight excluding hydrogens is 326 g/mol. The highest BCUT2D eigenvalue weighted by atomic mass is 16.5. The summed E-state index contributed by atoms with van der Waals surface area (Å²) < 4.78 is 5.84. The normalized spacial score (nSPS) is 10.2. The van der Waals surface area contributed by atoms with Crippen LogP contribution >= 0.6 is 0 Å². The molecule has 2 aromatic carbocycles. The molecule has 0 aliphatic heterocycles. The van der Waals surface area contributed by atoms with Crippen LogP contribution in [0.3, 0.4) is 0 Å². The smallest absolute Gasteiger partial charge is 0.120 e. The maximum Gasteiger partial charge on any atom is 0.120 e. The third-order valence-corrected chi connectivity index (χ3v) is 4.00. The summed E-state index contributed by atoms with van der Waals surface area (Å²) in [7, 11) is 0. The molecule has 0 saturated heterocycles. The van der Waals surface area contributed by atoms with Gasteiger partial charge in [0.25, 0.3) is 0 Å². The number of hydrogen-bond acceptors (Lipinski definition) is 5. The van der Waals surface area contributed by atoms with E-state index in [9.17, 15) is 5.11 Å². The van der Waals surface area contributed by atoms with Gasteiger partial charge in [0.05, 0.1) is 30.1 Å². The maximum atomic E-state index is 9.37. The van der Waals surface area contributed by atoms with Crippen LogP contribution in [0.25, 0.3) is 0 Å². The molecule has 26 heavy (non-hydrogen) atoms. The molecule has 0 fully saturated rings. The fraction of sp³-hybridized carbons (Fsp3) is 0.143. The second-order valence-corrected chi connectivity index (χ2v) is 5.75. The van der Waals surface area contributed by atoms with Gasteiger partial charge < -0.3 is 15.2 Å². The minimum Gasteiger partial charge on any atom is -0.489 e. The third-order valence-electron chi connectivity index (χ3n) is 4.00. The van der Waals surface area contributed by atoms with Gasteiger partial charge in [-0.1, -0.05) is 30.3 Å². The quantitative estimate of drug-likeness (QED) is 0.683. The maximum absolute atomic E-state index is 9.37. The second kappa shape index (κ2) is 8.65. The van der Waals surface area contributed by atoms with E-state index in [1.807, 2.05) is 42.5 Å². The lowest BCUT2D eigenvalue weighted by atomic mass is 10.1. The fourth-order valence-corrected chi connectivity index (χ4v) is 2.58. The van der Waals surface area contributed by atoms with Crippen molar-refractivity contribution < 1.29 is 9.84 Å². The molecule has 2 N–H and O–H groups in total. The van der Waals surface area contributed by atoms with Gasteiger partial charge in [-0.2, -0.15) is 5.26 Å². The van der Waals surface area contributed by atoms with E-state index in [-0.39, 0.29) is 6.61 Å². The zero-order valence-electron chi connectivity index (χ0n) is 14.2. The standard InChI is InChI=1S/C21H19N3O2/c22-11-17-5-1-2-6-19(17)15-26-20-7-3-4-16(10-20)12-24-21-13-23-9-8-18(21)14-25/h1-10,13,24-25H,12,14-15H2. The molecule has 1 aromatic heterocycles. The summed E-state index contributed by atoms with van der Waals surface area (Å²) in [5, 5.41) is 21.8. The van der Waals surface area contributed by atoms with E-state index in [1.165, 1.54) is 0 Å². The average Bonchev–Trinajstić information content (AvgIpc) is 2.71. The molecule has 5 heteroatoms. The topological polar surface area (TPSA) is 78.2 Å². The molecule has 0 aliphatic carbocycles. The van der Waals surface area contributed by atoms with Crippen LogP contribution in [0.5, 0.6) is 5.75 Å². The Balaban J connectivity index is 1.64. The highest BCUT2D eigenvalue weighted by Crippen LogP contribution is 2.19. The van der Waals surface area contributed by atoms with Gasteiger partial charge in [-0.05, 0) is 29.8 Å². The first-order chi connectivity index (χ1) is 12.8. The van der Waals surface area contributed by atoms with E-state index < -0.39 is 0 Å². The molecule has 3 rings (SSSR count). The number of nitriles is 1. The summed E-state index contributed by atoms with van der Waals surface area (Å²) in [5.41, 5.74) is 4.15. The molecule has 0 spiro atoms. The van der Waals surface area contributed by atoms with Crippen molar-refractivity contribution >= 4 is 5.69 Å². The predicted octanol–water partition coefficient (Wildman–Crippen LogP) is 3.64. The number of aliphatic hydroxyl groups is 1. The molecule has 0 amide bonds. The van der Waals surface area contributed by atoms with Crippen LogP contribution in [0, 0.1) is 11.3 Å². The van der Waals surface area contributed by atoms with E-state index in [4.69, 9.17) is 10.00 Å². The molecule has 0 unspecified atom stereocenters.